The van der Waals surface area contributed by atoms with Gasteiger partial charge in [0.15, 0.2) is 0 Å². The van der Waals surface area contributed by atoms with Crippen LogP contribution in [0.25, 0.3) is 0 Å². The average Bonchev–Trinajstić information content (AvgIpc) is 1.27. The topological polar surface area (TPSA) is 17.1 Å². The van der Waals surface area contributed by atoms with E-state index < -0.39 is 0 Å². The second-order valence-corrected chi connectivity index (χ2v) is 3.60. The van der Waals surface area contributed by atoms with E-state index in [1.807, 2.05) is 13.8 Å². The van der Waals surface area contributed by atoms with Gasteiger partial charge in [-0.2, -0.15) is 0 Å². The maximum absolute atomic E-state index is 10.0. The molecular weight excluding hydrogens is 151 g/mol. The number of thioether (sulfide) groups is 1. The predicted octanol–water partition coefficient (Wildman–Crippen LogP) is -1.20. The van der Waals surface area contributed by atoms with Crippen LogP contribution in [0.2, 0.25) is 0 Å². The fourth-order valence-electron chi connectivity index (χ4n) is 0.192. The molecule has 0 aromatic carbocycles. The van der Waals surface area contributed by atoms with Crippen molar-refractivity contribution in [1.29, 1.82) is 0 Å². The minimum atomic E-state index is -0.213. The molecule has 0 aliphatic carbocycles. The Morgan fingerprint density at radius 3 is 2.00 bits per heavy atom. The second kappa shape index (κ2) is 6.36. The SMILES string of the molecule is CC(C)SC(=O)[S-].[Na+]. The molecule has 0 heterocycles. The van der Waals surface area contributed by atoms with E-state index in [1.165, 1.54) is 11.8 Å². The van der Waals surface area contributed by atoms with Crippen LogP contribution in [-0.4, -0.2) is 9.70 Å². The Morgan fingerprint density at radius 1 is 1.62 bits per heavy atom. The number of carbonyl (C=O) groups excluding carboxylic acids is 1. The van der Waals surface area contributed by atoms with E-state index in [-0.39, 0.29) is 34.0 Å². The fourth-order valence-corrected chi connectivity index (χ4v) is 1.15. The molecule has 0 N–H and O–H groups in total. The standard InChI is InChI=1S/C4H8OS2.Na/c1-3(2)7-4(5)6;/h3H,1-2H3,(H,5,6);/q;+1/p-1. The Kier molecular flexibility index (Phi) is 9.52. The van der Waals surface area contributed by atoms with Gasteiger partial charge in [0.25, 0.3) is 0 Å². The zero-order valence-corrected chi connectivity index (χ0v) is 8.94. The molecule has 0 saturated carbocycles. The van der Waals surface area contributed by atoms with E-state index in [0.29, 0.717) is 5.25 Å². The van der Waals surface area contributed by atoms with E-state index in [2.05, 4.69) is 12.6 Å². The largest absolute Gasteiger partial charge is 1.00 e. The first-order valence-electron chi connectivity index (χ1n) is 2.00. The van der Waals surface area contributed by atoms with Crippen molar-refractivity contribution in [3.8, 4) is 0 Å². The molecule has 0 aliphatic rings. The fraction of sp³-hybridized carbons (Fsp3) is 0.750. The Balaban J connectivity index is 0. The predicted molar refractivity (Wildman–Crippen MR) is 35.5 cm³/mol. The zero-order chi connectivity index (χ0) is 5.86. The minimum Gasteiger partial charge on any atom is -0.730 e. The summed E-state index contributed by atoms with van der Waals surface area (Å²) < 4.78 is -0.213. The van der Waals surface area contributed by atoms with Gasteiger partial charge in [-0.1, -0.05) is 13.8 Å². The summed E-state index contributed by atoms with van der Waals surface area (Å²) in [5, 5.41) is 0.338. The van der Waals surface area contributed by atoms with E-state index in [1.54, 1.807) is 0 Å². The summed E-state index contributed by atoms with van der Waals surface area (Å²) in [5.74, 6) is 0. The van der Waals surface area contributed by atoms with Crippen LogP contribution in [0.1, 0.15) is 13.8 Å². The van der Waals surface area contributed by atoms with Crippen molar-refractivity contribution < 1.29 is 34.4 Å². The summed E-state index contributed by atoms with van der Waals surface area (Å²) >= 11 is 5.46. The number of carbonyl (C=O) groups is 1. The van der Waals surface area contributed by atoms with Gasteiger partial charge in [0.1, 0.15) is 0 Å². The molecule has 0 bridgehead atoms. The Morgan fingerprint density at radius 2 is 2.00 bits per heavy atom. The first-order chi connectivity index (χ1) is 3.13. The van der Waals surface area contributed by atoms with Crippen LogP contribution in [0, 0.1) is 0 Å². The summed E-state index contributed by atoms with van der Waals surface area (Å²) in [6.07, 6.45) is 0. The van der Waals surface area contributed by atoms with Gasteiger partial charge < -0.3 is 17.4 Å². The van der Waals surface area contributed by atoms with Crippen molar-refractivity contribution in [1.82, 2.24) is 0 Å². The van der Waals surface area contributed by atoms with Crippen LogP contribution in [-0.2, 0) is 12.6 Å². The zero-order valence-electron chi connectivity index (χ0n) is 5.30. The molecule has 0 amide bonds. The maximum atomic E-state index is 10.0. The third kappa shape index (κ3) is 10.3. The molecule has 42 valence electrons. The molecule has 0 spiro atoms. The molecule has 0 atom stereocenters. The summed E-state index contributed by atoms with van der Waals surface area (Å²) in [7, 11) is 0. The summed E-state index contributed by atoms with van der Waals surface area (Å²) in [6.45, 7) is 3.88. The maximum Gasteiger partial charge on any atom is 1.00 e. The van der Waals surface area contributed by atoms with Gasteiger partial charge in [0.05, 0.1) is 4.45 Å². The first kappa shape index (κ1) is 12.0. The third-order valence-electron chi connectivity index (χ3n) is 0.332. The van der Waals surface area contributed by atoms with Gasteiger partial charge in [0.2, 0.25) is 0 Å². The number of rotatable bonds is 1. The Labute approximate surface area is 81.7 Å². The molecule has 0 aromatic heterocycles. The van der Waals surface area contributed by atoms with Crippen LogP contribution in [0.15, 0.2) is 0 Å². The quantitative estimate of drug-likeness (QED) is 0.352. The molecule has 0 saturated heterocycles. The molecule has 0 radical (unpaired) electrons. The number of hydrogen-bond acceptors (Lipinski definition) is 3. The molecule has 0 unspecified atom stereocenters. The molecule has 0 rings (SSSR count). The monoisotopic (exact) mass is 158 g/mol. The summed E-state index contributed by atoms with van der Waals surface area (Å²) in [6, 6.07) is 0. The van der Waals surface area contributed by atoms with Gasteiger partial charge in [0, 0.05) is 5.25 Å². The van der Waals surface area contributed by atoms with Crippen molar-refractivity contribution in [2.24, 2.45) is 0 Å². The van der Waals surface area contributed by atoms with Crippen molar-refractivity contribution >= 4 is 28.8 Å². The minimum absolute atomic E-state index is 0. The third-order valence-corrected chi connectivity index (χ3v) is 1.28. The molecular formula is C4H7NaOS2. The number of hydrogen-bond donors (Lipinski definition) is 0. The first-order valence-corrected chi connectivity index (χ1v) is 3.29. The molecule has 8 heavy (non-hydrogen) atoms. The van der Waals surface area contributed by atoms with Crippen molar-refractivity contribution in [3.63, 3.8) is 0 Å². The van der Waals surface area contributed by atoms with Gasteiger partial charge in [-0.15, -0.1) is 11.8 Å². The van der Waals surface area contributed by atoms with E-state index in [0.717, 1.165) is 0 Å². The summed E-state index contributed by atoms with van der Waals surface area (Å²) in [5.41, 5.74) is 0. The van der Waals surface area contributed by atoms with E-state index in [9.17, 15) is 4.79 Å². The summed E-state index contributed by atoms with van der Waals surface area (Å²) in [4.78, 5) is 10.0. The second-order valence-electron chi connectivity index (χ2n) is 1.42. The molecule has 0 fully saturated rings. The van der Waals surface area contributed by atoms with Crippen LogP contribution in [0.5, 0.6) is 0 Å². The van der Waals surface area contributed by atoms with Crippen LogP contribution in [0.4, 0.5) is 4.79 Å². The smallest absolute Gasteiger partial charge is 0.730 e. The van der Waals surface area contributed by atoms with E-state index >= 15 is 0 Å². The van der Waals surface area contributed by atoms with E-state index in [4.69, 9.17) is 0 Å². The van der Waals surface area contributed by atoms with Gasteiger partial charge >= 0.3 is 29.6 Å². The van der Waals surface area contributed by atoms with Crippen molar-refractivity contribution in [2.45, 2.75) is 19.1 Å². The van der Waals surface area contributed by atoms with Gasteiger partial charge in [-0.3, -0.25) is 0 Å². The average molecular weight is 158 g/mol. The Hall–Kier alpha value is 1.24. The van der Waals surface area contributed by atoms with Gasteiger partial charge in [-0.05, 0) is 0 Å². The molecule has 0 aliphatic heterocycles. The van der Waals surface area contributed by atoms with Gasteiger partial charge in [-0.25, -0.2) is 0 Å². The Bertz CT molecular complexity index is 74.4. The van der Waals surface area contributed by atoms with Crippen LogP contribution < -0.4 is 29.6 Å². The van der Waals surface area contributed by atoms with Crippen LogP contribution in [0.3, 0.4) is 0 Å². The van der Waals surface area contributed by atoms with Crippen molar-refractivity contribution in [3.05, 3.63) is 0 Å². The molecule has 4 heteroatoms. The molecule has 1 nitrogen and oxygen atoms in total. The van der Waals surface area contributed by atoms with Crippen molar-refractivity contribution in [2.75, 3.05) is 0 Å². The van der Waals surface area contributed by atoms with Crippen LogP contribution >= 0.6 is 11.8 Å². The molecule has 0 aromatic rings. The normalized spacial score (nSPS) is 8.38.